The summed E-state index contributed by atoms with van der Waals surface area (Å²) in [5.41, 5.74) is 5.65. The van der Waals surface area contributed by atoms with Crippen LogP contribution in [0.2, 0.25) is 0 Å². The van der Waals surface area contributed by atoms with Crippen molar-refractivity contribution in [3.8, 4) is 0 Å². The van der Waals surface area contributed by atoms with Gasteiger partial charge in [-0.2, -0.15) is 0 Å². The Morgan fingerprint density at radius 1 is 1.16 bits per heavy atom. The fourth-order valence-electron chi connectivity index (χ4n) is 3.51. The quantitative estimate of drug-likeness (QED) is 0.757. The van der Waals surface area contributed by atoms with Gasteiger partial charge in [-0.15, -0.1) is 0 Å². The van der Waals surface area contributed by atoms with Crippen LogP contribution in [-0.4, -0.2) is 74.5 Å². The molecule has 0 bridgehead atoms. The van der Waals surface area contributed by atoms with Crippen molar-refractivity contribution in [2.75, 3.05) is 50.8 Å². The van der Waals surface area contributed by atoms with Crippen molar-refractivity contribution in [1.29, 1.82) is 0 Å². The van der Waals surface area contributed by atoms with Crippen LogP contribution in [0.5, 0.6) is 0 Å². The molecule has 3 rings (SSSR count). The number of rotatable bonds is 4. The Balaban J connectivity index is 1.60. The molecule has 2 saturated heterocycles. The van der Waals surface area contributed by atoms with Crippen LogP contribution >= 0.6 is 0 Å². The van der Waals surface area contributed by atoms with E-state index in [2.05, 4.69) is 9.80 Å². The summed E-state index contributed by atoms with van der Waals surface area (Å²) in [4.78, 5) is 4.88. The Labute approximate surface area is 116 Å². The first kappa shape index (κ1) is 13.8. The second kappa shape index (κ2) is 4.98. The summed E-state index contributed by atoms with van der Waals surface area (Å²) in [6.07, 6.45) is 3.50. The summed E-state index contributed by atoms with van der Waals surface area (Å²) in [6.45, 7) is 5.78. The molecule has 2 aliphatic heterocycles. The molecule has 110 valence electrons. The summed E-state index contributed by atoms with van der Waals surface area (Å²) in [7, 11) is -2.87. The molecule has 1 aliphatic carbocycles. The lowest BCUT2D eigenvalue weighted by molar-refractivity contribution is 0.0488. The van der Waals surface area contributed by atoms with E-state index in [4.69, 9.17) is 5.73 Å². The van der Waals surface area contributed by atoms with Gasteiger partial charge in [0.1, 0.15) is 0 Å². The molecule has 3 fully saturated rings. The van der Waals surface area contributed by atoms with E-state index in [1.807, 2.05) is 0 Å². The summed E-state index contributed by atoms with van der Waals surface area (Å²) in [5.74, 6) is 1.51. The predicted octanol–water partition coefficient (Wildman–Crippen LogP) is -0.470. The average molecular weight is 287 g/mol. The first-order valence-corrected chi connectivity index (χ1v) is 9.23. The first-order valence-electron chi connectivity index (χ1n) is 7.41. The lowest BCUT2D eigenvalue weighted by atomic mass is 9.95. The third-order valence-electron chi connectivity index (χ3n) is 5.00. The number of nitrogens with two attached hydrogens (primary N) is 1. The molecule has 2 heterocycles. The molecule has 0 spiro atoms. The van der Waals surface area contributed by atoms with Crippen LogP contribution in [0.4, 0.5) is 0 Å². The van der Waals surface area contributed by atoms with E-state index < -0.39 is 9.84 Å². The van der Waals surface area contributed by atoms with Crippen LogP contribution in [-0.2, 0) is 9.84 Å². The highest BCUT2D eigenvalue weighted by atomic mass is 32.2. The van der Waals surface area contributed by atoms with E-state index in [1.54, 1.807) is 0 Å². The SMILES string of the molecule is NCC1(N2CCN(CC3CC3)CC2)CCS(=O)(=O)C1. The van der Waals surface area contributed by atoms with Crippen molar-refractivity contribution in [3.63, 3.8) is 0 Å². The lowest BCUT2D eigenvalue weighted by Gasteiger charge is -2.45. The molecule has 6 heteroatoms. The van der Waals surface area contributed by atoms with Gasteiger partial charge in [0.05, 0.1) is 11.5 Å². The smallest absolute Gasteiger partial charge is 0.152 e. The van der Waals surface area contributed by atoms with Crippen LogP contribution in [0.25, 0.3) is 0 Å². The minimum absolute atomic E-state index is 0.263. The molecule has 1 saturated carbocycles. The fourth-order valence-corrected chi connectivity index (χ4v) is 5.61. The number of nitrogens with zero attached hydrogens (tertiary/aromatic N) is 2. The van der Waals surface area contributed by atoms with Crippen LogP contribution in [0.3, 0.4) is 0 Å². The van der Waals surface area contributed by atoms with Crippen molar-refractivity contribution < 1.29 is 8.42 Å². The Hall–Kier alpha value is -0.170. The van der Waals surface area contributed by atoms with E-state index in [-0.39, 0.29) is 11.3 Å². The molecule has 0 radical (unpaired) electrons. The predicted molar refractivity (Wildman–Crippen MR) is 75.8 cm³/mol. The molecule has 0 aromatic heterocycles. The van der Waals surface area contributed by atoms with Gasteiger partial charge in [-0.3, -0.25) is 4.90 Å². The zero-order chi connectivity index (χ0) is 13.5. The third kappa shape index (κ3) is 2.96. The van der Waals surface area contributed by atoms with Gasteiger partial charge in [-0.1, -0.05) is 0 Å². The van der Waals surface area contributed by atoms with Crippen LogP contribution in [0.15, 0.2) is 0 Å². The van der Waals surface area contributed by atoms with Crippen molar-refractivity contribution in [3.05, 3.63) is 0 Å². The summed E-state index contributed by atoms with van der Waals surface area (Å²) in [5, 5.41) is 0. The zero-order valence-electron chi connectivity index (χ0n) is 11.6. The number of hydrogen-bond donors (Lipinski definition) is 1. The Bertz CT molecular complexity index is 427. The van der Waals surface area contributed by atoms with Crippen molar-refractivity contribution in [1.82, 2.24) is 9.80 Å². The van der Waals surface area contributed by atoms with Gasteiger partial charge in [0.15, 0.2) is 9.84 Å². The maximum absolute atomic E-state index is 11.8. The Kier molecular flexibility index (Phi) is 3.62. The molecule has 2 N–H and O–H groups in total. The molecule has 19 heavy (non-hydrogen) atoms. The number of sulfone groups is 1. The van der Waals surface area contributed by atoms with Gasteiger partial charge in [-0.25, -0.2) is 8.42 Å². The van der Waals surface area contributed by atoms with E-state index in [1.165, 1.54) is 19.4 Å². The van der Waals surface area contributed by atoms with E-state index >= 15 is 0 Å². The molecule has 0 amide bonds. The highest BCUT2D eigenvalue weighted by molar-refractivity contribution is 7.91. The monoisotopic (exact) mass is 287 g/mol. The van der Waals surface area contributed by atoms with E-state index in [9.17, 15) is 8.42 Å². The van der Waals surface area contributed by atoms with Crippen molar-refractivity contribution >= 4 is 9.84 Å². The van der Waals surface area contributed by atoms with Gasteiger partial charge in [0.25, 0.3) is 0 Å². The average Bonchev–Trinajstić information content (AvgIpc) is 3.14. The minimum atomic E-state index is -2.87. The van der Waals surface area contributed by atoms with Gasteiger partial charge < -0.3 is 10.6 Å². The van der Waals surface area contributed by atoms with E-state index in [0.717, 1.165) is 32.1 Å². The molecule has 1 atom stereocenters. The highest BCUT2D eigenvalue weighted by Crippen LogP contribution is 2.32. The van der Waals surface area contributed by atoms with Gasteiger partial charge in [-0.05, 0) is 25.2 Å². The largest absolute Gasteiger partial charge is 0.329 e. The van der Waals surface area contributed by atoms with Crippen LogP contribution in [0, 0.1) is 5.92 Å². The maximum Gasteiger partial charge on any atom is 0.152 e. The topological polar surface area (TPSA) is 66.6 Å². The maximum atomic E-state index is 11.8. The Morgan fingerprint density at radius 2 is 1.84 bits per heavy atom. The lowest BCUT2D eigenvalue weighted by Crippen LogP contribution is -2.61. The zero-order valence-corrected chi connectivity index (χ0v) is 12.4. The normalized spacial score (nSPS) is 36.7. The first-order chi connectivity index (χ1) is 9.03. The molecule has 0 aromatic carbocycles. The summed E-state index contributed by atoms with van der Waals surface area (Å²) < 4.78 is 23.5. The van der Waals surface area contributed by atoms with Crippen LogP contribution in [0.1, 0.15) is 19.3 Å². The van der Waals surface area contributed by atoms with Crippen LogP contribution < -0.4 is 5.73 Å². The summed E-state index contributed by atoms with van der Waals surface area (Å²) >= 11 is 0. The second-order valence-corrected chi connectivity index (χ2v) is 8.69. The molecule has 1 unspecified atom stereocenters. The molecule has 5 nitrogen and oxygen atoms in total. The van der Waals surface area contributed by atoms with Crippen molar-refractivity contribution in [2.45, 2.75) is 24.8 Å². The minimum Gasteiger partial charge on any atom is -0.329 e. The number of hydrogen-bond acceptors (Lipinski definition) is 5. The fraction of sp³-hybridized carbons (Fsp3) is 1.00. The third-order valence-corrected chi connectivity index (χ3v) is 6.81. The molecular weight excluding hydrogens is 262 g/mol. The standard InChI is InChI=1S/C13H25N3O2S/c14-10-13(3-8-19(17,18)11-13)16-6-4-15(5-7-16)9-12-1-2-12/h12H,1-11,14H2. The van der Waals surface area contributed by atoms with Crippen molar-refractivity contribution in [2.24, 2.45) is 11.7 Å². The van der Waals surface area contributed by atoms with Gasteiger partial charge in [0.2, 0.25) is 0 Å². The second-order valence-electron chi connectivity index (χ2n) is 6.50. The van der Waals surface area contributed by atoms with E-state index in [0.29, 0.717) is 18.7 Å². The molecule has 0 aromatic rings. The number of piperazine rings is 1. The Morgan fingerprint density at radius 3 is 2.32 bits per heavy atom. The highest BCUT2D eigenvalue weighted by Gasteiger charge is 2.46. The van der Waals surface area contributed by atoms with Gasteiger partial charge in [0, 0.05) is 44.8 Å². The molecule has 3 aliphatic rings. The molecular formula is C13H25N3O2S. The van der Waals surface area contributed by atoms with Gasteiger partial charge >= 0.3 is 0 Å². The summed E-state index contributed by atoms with van der Waals surface area (Å²) in [6, 6.07) is 0.